The number of nitrogens with one attached hydrogen (secondary N) is 1. The van der Waals surface area contributed by atoms with Crippen molar-refractivity contribution in [3.63, 3.8) is 0 Å². The van der Waals surface area contributed by atoms with E-state index in [2.05, 4.69) is 21.2 Å². The lowest BCUT2D eigenvalue weighted by atomic mass is 10.1. The van der Waals surface area contributed by atoms with Gasteiger partial charge >= 0.3 is 6.03 Å². The van der Waals surface area contributed by atoms with Gasteiger partial charge in [0.2, 0.25) is 0 Å². The first kappa shape index (κ1) is 18.3. The van der Waals surface area contributed by atoms with Crippen LogP contribution >= 0.6 is 15.9 Å². The Balaban J connectivity index is 2.37. The Morgan fingerprint density at radius 1 is 1.12 bits per heavy atom. The molecule has 1 aliphatic rings. The molecule has 0 aromatic heterocycles. The van der Waals surface area contributed by atoms with Crippen molar-refractivity contribution in [1.82, 2.24) is 10.2 Å². The van der Waals surface area contributed by atoms with Gasteiger partial charge in [0.25, 0.3) is 5.91 Å². The van der Waals surface area contributed by atoms with Gasteiger partial charge in [-0.25, -0.2) is 4.79 Å². The van der Waals surface area contributed by atoms with Gasteiger partial charge < -0.3 is 14.8 Å². The topological polar surface area (TPSA) is 67.9 Å². The van der Waals surface area contributed by atoms with Crippen molar-refractivity contribution in [2.24, 2.45) is 0 Å². The fraction of sp³-hybridized carbons (Fsp3) is 0.412. The van der Waals surface area contributed by atoms with Gasteiger partial charge in [-0.05, 0) is 44.0 Å². The molecule has 1 aliphatic heterocycles. The predicted molar refractivity (Wildman–Crippen MR) is 95.0 cm³/mol. The summed E-state index contributed by atoms with van der Waals surface area (Å²) in [6, 6.07) is 3.19. The number of amides is 3. The van der Waals surface area contributed by atoms with Gasteiger partial charge in [-0.15, -0.1) is 0 Å². The van der Waals surface area contributed by atoms with E-state index in [9.17, 15) is 9.59 Å². The minimum atomic E-state index is -0.389. The molecule has 0 radical (unpaired) electrons. The van der Waals surface area contributed by atoms with E-state index in [0.717, 1.165) is 10.0 Å². The van der Waals surface area contributed by atoms with Crippen LogP contribution in [0.1, 0.15) is 32.8 Å². The van der Waals surface area contributed by atoms with Crippen LogP contribution in [0, 0.1) is 0 Å². The standard InChI is InChI=1S/C17H21BrN2O4/c1-4-7-20-16(21)13(19-17(20)22)8-11-9-14(23-5-2)15(24-6-3)10-12(11)18/h8-10H,4-7H2,1-3H3,(H,19,22)/b13-8+. The smallest absolute Gasteiger partial charge is 0.329 e. The fourth-order valence-electron chi connectivity index (χ4n) is 2.35. The van der Waals surface area contributed by atoms with E-state index in [4.69, 9.17) is 9.47 Å². The highest BCUT2D eigenvalue weighted by Crippen LogP contribution is 2.35. The number of nitrogens with zero attached hydrogens (tertiary/aromatic N) is 1. The average Bonchev–Trinajstić information content (AvgIpc) is 2.80. The van der Waals surface area contributed by atoms with E-state index in [-0.39, 0.29) is 17.6 Å². The van der Waals surface area contributed by atoms with Gasteiger partial charge in [0, 0.05) is 11.0 Å². The summed E-state index contributed by atoms with van der Waals surface area (Å²) in [6.07, 6.45) is 2.35. The quantitative estimate of drug-likeness (QED) is 0.565. The summed E-state index contributed by atoms with van der Waals surface area (Å²) in [5.41, 5.74) is 0.977. The van der Waals surface area contributed by atoms with E-state index in [0.29, 0.717) is 37.7 Å². The highest BCUT2D eigenvalue weighted by molar-refractivity contribution is 9.10. The highest BCUT2D eigenvalue weighted by Gasteiger charge is 2.32. The second-order valence-corrected chi connectivity index (χ2v) is 5.99. The van der Waals surface area contributed by atoms with E-state index in [1.165, 1.54) is 4.90 Å². The van der Waals surface area contributed by atoms with Crippen LogP contribution in [0.5, 0.6) is 11.5 Å². The predicted octanol–water partition coefficient (Wildman–Crippen LogP) is 3.55. The molecule has 130 valence electrons. The third kappa shape index (κ3) is 3.90. The third-order valence-electron chi connectivity index (χ3n) is 3.37. The molecule has 2 rings (SSSR count). The maximum Gasteiger partial charge on any atom is 0.329 e. The second kappa shape index (κ2) is 8.19. The minimum Gasteiger partial charge on any atom is -0.490 e. The number of carbonyl (C=O) groups is 2. The largest absolute Gasteiger partial charge is 0.490 e. The van der Waals surface area contributed by atoms with Gasteiger partial charge in [0.05, 0.1) is 13.2 Å². The fourth-order valence-corrected chi connectivity index (χ4v) is 2.79. The normalized spacial score (nSPS) is 15.8. The van der Waals surface area contributed by atoms with Gasteiger partial charge in [-0.2, -0.15) is 0 Å². The first-order valence-corrected chi connectivity index (χ1v) is 8.74. The molecule has 0 spiro atoms. The van der Waals surface area contributed by atoms with Crippen molar-refractivity contribution in [1.29, 1.82) is 0 Å². The molecule has 1 aromatic rings. The number of rotatable bonds is 7. The number of carbonyl (C=O) groups excluding carboxylic acids is 2. The molecule has 0 bridgehead atoms. The van der Waals surface area contributed by atoms with Crippen LogP contribution in [-0.4, -0.2) is 36.6 Å². The average molecular weight is 397 g/mol. The summed E-state index contributed by atoms with van der Waals surface area (Å²) >= 11 is 3.47. The molecule has 1 heterocycles. The molecule has 0 saturated carbocycles. The number of urea groups is 1. The van der Waals surface area contributed by atoms with Gasteiger partial charge in [0.1, 0.15) is 5.70 Å². The molecule has 0 unspecified atom stereocenters. The van der Waals surface area contributed by atoms with Crippen molar-refractivity contribution in [2.45, 2.75) is 27.2 Å². The van der Waals surface area contributed by atoms with E-state index in [1.54, 1.807) is 18.2 Å². The highest BCUT2D eigenvalue weighted by atomic mass is 79.9. The Hall–Kier alpha value is -2.02. The van der Waals surface area contributed by atoms with Crippen LogP contribution in [0.25, 0.3) is 6.08 Å². The lowest BCUT2D eigenvalue weighted by Gasteiger charge is -2.13. The van der Waals surface area contributed by atoms with Crippen molar-refractivity contribution in [3.8, 4) is 11.5 Å². The number of benzene rings is 1. The lowest BCUT2D eigenvalue weighted by molar-refractivity contribution is -0.122. The summed E-state index contributed by atoms with van der Waals surface area (Å²) < 4.78 is 11.9. The maximum absolute atomic E-state index is 12.3. The van der Waals surface area contributed by atoms with E-state index >= 15 is 0 Å². The summed E-state index contributed by atoms with van der Waals surface area (Å²) in [5.74, 6) is 0.903. The molecule has 1 saturated heterocycles. The number of hydrogen-bond donors (Lipinski definition) is 1. The zero-order valence-corrected chi connectivity index (χ0v) is 15.6. The van der Waals surface area contributed by atoms with E-state index < -0.39 is 0 Å². The molecule has 0 atom stereocenters. The summed E-state index contributed by atoms with van der Waals surface area (Å²) in [6.45, 7) is 7.12. The van der Waals surface area contributed by atoms with Crippen molar-refractivity contribution < 1.29 is 19.1 Å². The van der Waals surface area contributed by atoms with Crippen molar-refractivity contribution >= 4 is 33.9 Å². The van der Waals surface area contributed by atoms with Gasteiger partial charge in [0.15, 0.2) is 11.5 Å². The Kier molecular flexibility index (Phi) is 6.25. The van der Waals surface area contributed by atoms with E-state index in [1.807, 2.05) is 20.8 Å². The minimum absolute atomic E-state index is 0.251. The molecule has 24 heavy (non-hydrogen) atoms. The Morgan fingerprint density at radius 2 is 1.75 bits per heavy atom. The lowest BCUT2D eigenvalue weighted by Crippen LogP contribution is -2.31. The molecular formula is C17H21BrN2O4. The molecule has 7 heteroatoms. The first-order valence-electron chi connectivity index (χ1n) is 7.95. The first-order chi connectivity index (χ1) is 11.5. The number of halogens is 1. The summed E-state index contributed by atoms with van der Waals surface area (Å²) in [4.78, 5) is 25.4. The number of hydrogen-bond acceptors (Lipinski definition) is 4. The monoisotopic (exact) mass is 396 g/mol. The molecule has 0 aliphatic carbocycles. The van der Waals surface area contributed by atoms with Crippen LogP contribution in [0.15, 0.2) is 22.3 Å². The SMILES string of the molecule is CCCN1C(=O)N/C(=C/c2cc(OCC)c(OCC)cc2Br)C1=O. The third-order valence-corrected chi connectivity index (χ3v) is 4.06. The number of imide groups is 1. The Bertz CT molecular complexity index is 673. The number of ether oxygens (including phenoxy) is 2. The van der Waals surface area contributed by atoms with Crippen LogP contribution in [0.4, 0.5) is 4.79 Å². The van der Waals surface area contributed by atoms with Gasteiger partial charge in [-0.1, -0.05) is 22.9 Å². The second-order valence-electron chi connectivity index (χ2n) is 5.13. The molecular weight excluding hydrogens is 376 g/mol. The molecule has 1 aromatic carbocycles. The zero-order chi connectivity index (χ0) is 17.7. The molecule has 1 fully saturated rings. The summed E-state index contributed by atoms with van der Waals surface area (Å²) in [5, 5.41) is 2.61. The van der Waals surface area contributed by atoms with Crippen LogP contribution in [0.3, 0.4) is 0 Å². The molecule has 6 nitrogen and oxygen atoms in total. The van der Waals surface area contributed by atoms with Crippen LogP contribution < -0.4 is 14.8 Å². The van der Waals surface area contributed by atoms with Gasteiger partial charge in [-0.3, -0.25) is 9.69 Å². The summed E-state index contributed by atoms with van der Waals surface area (Å²) in [7, 11) is 0. The zero-order valence-electron chi connectivity index (χ0n) is 14.0. The molecule has 3 amide bonds. The van der Waals surface area contributed by atoms with Crippen LogP contribution in [-0.2, 0) is 4.79 Å². The Morgan fingerprint density at radius 3 is 2.33 bits per heavy atom. The maximum atomic E-state index is 12.3. The molecule has 1 N–H and O–H groups in total. The van der Waals surface area contributed by atoms with Crippen molar-refractivity contribution in [2.75, 3.05) is 19.8 Å². The Labute approximate surface area is 149 Å². The van der Waals surface area contributed by atoms with Crippen molar-refractivity contribution in [3.05, 3.63) is 27.9 Å². The van der Waals surface area contributed by atoms with Crippen LogP contribution in [0.2, 0.25) is 0 Å².